The number of aromatic nitrogens is 1. The smallest absolute Gasteiger partial charge is 0.231 e. The SMILES string of the molecule is CCCCCCCC[n+]1cc2c3c(ccc2c2ccc4cc5c(cc4c21)OCO5)OCO3.[Cl-]. The molecule has 172 valence electrons. The van der Waals surface area contributed by atoms with Crippen LogP contribution in [0.3, 0.4) is 0 Å². The maximum atomic E-state index is 5.86. The molecule has 6 rings (SSSR count). The van der Waals surface area contributed by atoms with Crippen molar-refractivity contribution in [2.75, 3.05) is 13.6 Å². The van der Waals surface area contributed by atoms with Crippen LogP contribution in [0, 0.1) is 0 Å². The Morgan fingerprint density at radius 1 is 0.697 bits per heavy atom. The van der Waals surface area contributed by atoms with Crippen molar-refractivity contribution in [1.82, 2.24) is 0 Å². The van der Waals surface area contributed by atoms with Gasteiger partial charge in [0.15, 0.2) is 29.2 Å². The zero-order valence-electron chi connectivity index (χ0n) is 18.9. The average molecular weight is 466 g/mol. The van der Waals surface area contributed by atoms with Gasteiger partial charge in [0.25, 0.3) is 0 Å². The largest absolute Gasteiger partial charge is 1.00 e. The molecule has 3 heterocycles. The van der Waals surface area contributed by atoms with E-state index < -0.39 is 0 Å². The van der Waals surface area contributed by atoms with Gasteiger partial charge in [0.1, 0.15) is 6.54 Å². The van der Waals surface area contributed by atoms with Crippen LogP contribution >= 0.6 is 0 Å². The third kappa shape index (κ3) is 3.78. The number of benzene rings is 3. The lowest BCUT2D eigenvalue weighted by Crippen LogP contribution is -3.00. The summed E-state index contributed by atoms with van der Waals surface area (Å²) in [6, 6.07) is 12.8. The first-order chi connectivity index (χ1) is 15.8. The molecule has 1 aromatic heterocycles. The zero-order chi connectivity index (χ0) is 21.5. The minimum atomic E-state index is 0. The third-order valence-corrected chi connectivity index (χ3v) is 6.68. The summed E-state index contributed by atoms with van der Waals surface area (Å²) in [5, 5.41) is 5.87. The number of nitrogens with zero attached hydrogens (tertiary/aromatic N) is 1. The topological polar surface area (TPSA) is 40.8 Å². The van der Waals surface area contributed by atoms with Crippen molar-refractivity contribution < 1.29 is 35.9 Å². The fourth-order valence-electron chi connectivity index (χ4n) is 5.04. The summed E-state index contributed by atoms with van der Waals surface area (Å²) in [5.41, 5.74) is 1.24. The predicted octanol–water partition coefficient (Wildman–Crippen LogP) is 3.26. The van der Waals surface area contributed by atoms with Crippen LogP contribution in [0.4, 0.5) is 0 Å². The molecule has 0 amide bonds. The Morgan fingerprint density at radius 3 is 2.30 bits per heavy atom. The normalized spacial score (nSPS) is 13.7. The van der Waals surface area contributed by atoms with Crippen LogP contribution in [0.1, 0.15) is 45.4 Å². The standard InChI is InChI=1S/C27H28NO4.ClH/c1-2-3-4-5-6-7-12-28-15-22-19(10-11-23-27(22)32-17-29-23)20-9-8-18-13-24-25(31-16-30-24)14-21(18)26(20)28;/h8-11,13-15H,2-7,12,16-17H2,1H3;1H/q+1;/p-1. The van der Waals surface area contributed by atoms with Gasteiger partial charge in [-0.3, -0.25) is 0 Å². The quantitative estimate of drug-likeness (QED) is 0.239. The molecule has 0 bridgehead atoms. The lowest BCUT2D eigenvalue weighted by molar-refractivity contribution is -0.669. The Kier molecular flexibility index (Phi) is 6.07. The highest BCUT2D eigenvalue weighted by Gasteiger charge is 2.25. The maximum Gasteiger partial charge on any atom is 0.231 e. The molecule has 0 saturated heterocycles. The van der Waals surface area contributed by atoms with E-state index in [0.717, 1.165) is 41.3 Å². The highest BCUT2D eigenvalue weighted by atomic mass is 35.5. The molecular formula is C27H28ClNO4. The van der Waals surface area contributed by atoms with Gasteiger partial charge in [-0.25, -0.2) is 0 Å². The minimum Gasteiger partial charge on any atom is -1.00 e. The molecule has 0 N–H and O–H groups in total. The highest BCUT2D eigenvalue weighted by Crippen LogP contribution is 2.43. The Morgan fingerprint density at radius 2 is 1.42 bits per heavy atom. The van der Waals surface area contributed by atoms with Crippen LogP contribution in [-0.4, -0.2) is 13.6 Å². The van der Waals surface area contributed by atoms with Crippen molar-refractivity contribution >= 4 is 32.4 Å². The van der Waals surface area contributed by atoms with Gasteiger partial charge in [-0.2, -0.15) is 4.57 Å². The van der Waals surface area contributed by atoms with E-state index in [2.05, 4.69) is 48.0 Å². The molecule has 0 radical (unpaired) electrons. The number of aryl methyl sites for hydroxylation is 1. The molecule has 2 aliphatic rings. The van der Waals surface area contributed by atoms with Crippen LogP contribution in [0.25, 0.3) is 32.4 Å². The monoisotopic (exact) mass is 465 g/mol. The number of unbranched alkanes of at least 4 members (excludes halogenated alkanes) is 5. The van der Waals surface area contributed by atoms with Gasteiger partial charge >= 0.3 is 0 Å². The molecule has 0 aliphatic carbocycles. The van der Waals surface area contributed by atoms with Crippen molar-refractivity contribution in [2.24, 2.45) is 0 Å². The lowest BCUT2D eigenvalue weighted by atomic mass is 9.99. The molecule has 33 heavy (non-hydrogen) atoms. The molecular weight excluding hydrogens is 438 g/mol. The van der Waals surface area contributed by atoms with Crippen LogP contribution in [-0.2, 0) is 6.54 Å². The van der Waals surface area contributed by atoms with Gasteiger partial charge in [-0.15, -0.1) is 0 Å². The van der Waals surface area contributed by atoms with E-state index in [1.807, 2.05) is 6.07 Å². The van der Waals surface area contributed by atoms with E-state index in [-0.39, 0.29) is 26.0 Å². The molecule has 6 heteroatoms. The number of rotatable bonds is 7. The summed E-state index contributed by atoms with van der Waals surface area (Å²) in [7, 11) is 0. The number of hydrogen-bond acceptors (Lipinski definition) is 4. The average Bonchev–Trinajstić information content (AvgIpc) is 3.48. The number of fused-ring (bicyclic) bond motifs is 8. The fraction of sp³-hybridized carbons (Fsp3) is 0.370. The van der Waals surface area contributed by atoms with Gasteiger partial charge in [0, 0.05) is 11.8 Å². The summed E-state index contributed by atoms with van der Waals surface area (Å²) < 4.78 is 25.3. The van der Waals surface area contributed by atoms with Crippen molar-refractivity contribution in [3.63, 3.8) is 0 Å². The summed E-state index contributed by atoms with van der Waals surface area (Å²) in [6.07, 6.45) is 9.88. The fourth-order valence-corrected chi connectivity index (χ4v) is 5.04. The first kappa shape index (κ1) is 21.9. The Labute approximate surface area is 199 Å². The Balaban J connectivity index is 0.00000228. The van der Waals surface area contributed by atoms with Crippen LogP contribution in [0.2, 0.25) is 0 Å². The molecule has 0 unspecified atom stereocenters. The molecule has 5 nitrogen and oxygen atoms in total. The molecule has 4 aromatic rings. The molecule has 2 aliphatic heterocycles. The summed E-state index contributed by atoms with van der Waals surface area (Å²) >= 11 is 0. The van der Waals surface area contributed by atoms with Crippen LogP contribution in [0.5, 0.6) is 23.0 Å². The lowest BCUT2D eigenvalue weighted by Gasteiger charge is -2.10. The maximum absolute atomic E-state index is 5.86. The van der Waals surface area contributed by atoms with Gasteiger partial charge in [-0.1, -0.05) is 38.7 Å². The van der Waals surface area contributed by atoms with Crippen molar-refractivity contribution in [2.45, 2.75) is 52.0 Å². The van der Waals surface area contributed by atoms with Gasteiger partial charge in [0.05, 0.1) is 16.2 Å². The van der Waals surface area contributed by atoms with Gasteiger partial charge < -0.3 is 31.4 Å². The van der Waals surface area contributed by atoms with Crippen molar-refractivity contribution in [3.8, 4) is 23.0 Å². The summed E-state index contributed by atoms with van der Waals surface area (Å²) in [6.45, 7) is 3.80. The number of hydrogen-bond donors (Lipinski definition) is 0. The second-order valence-electron chi connectivity index (χ2n) is 8.74. The van der Waals surface area contributed by atoms with Crippen LogP contribution in [0.15, 0.2) is 42.6 Å². The Bertz CT molecular complexity index is 1340. The molecule has 0 spiro atoms. The first-order valence-electron chi connectivity index (χ1n) is 11.7. The third-order valence-electron chi connectivity index (χ3n) is 6.68. The van der Waals surface area contributed by atoms with E-state index in [4.69, 9.17) is 18.9 Å². The van der Waals surface area contributed by atoms with Crippen molar-refractivity contribution in [3.05, 3.63) is 42.6 Å². The van der Waals surface area contributed by atoms with Gasteiger partial charge in [-0.05, 0) is 42.1 Å². The second-order valence-corrected chi connectivity index (χ2v) is 8.74. The number of pyridine rings is 1. The van der Waals surface area contributed by atoms with Crippen molar-refractivity contribution in [1.29, 1.82) is 0 Å². The minimum absolute atomic E-state index is 0. The molecule has 0 atom stereocenters. The molecule has 0 saturated carbocycles. The zero-order valence-corrected chi connectivity index (χ0v) is 19.6. The van der Waals surface area contributed by atoms with E-state index in [1.54, 1.807) is 0 Å². The molecule has 0 fully saturated rings. The summed E-state index contributed by atoms with van der Waals surface area (Å²) in [4.78, 5) is 0. The van der Waals surface area contributed by atoms with E-state index in [0.29, 0.717) is 0 Å². The van der Waals surface area contributed by atoms with E-state index in [9.17, 15) is 0 Å². The Hall–Kier alpha value is -2.92. The molecule has 3 aromatic carbocycles. The number of halogens is 1. The summed E-state index contributed by atoms with van der Waals surface area (Å²) in [5.74, 6) is 3.32. The predicted molar refractivity (Wildman–Crippen MR) is 125 cm³/mol. The van der Waals surface area contributed by atoms with E-state index >= 15 is 0 Å². The van der Waals surface area contributed by atoms with Crippen LogP contribution < -0.4 is 35.9 Å². The van der Waals surface area contributed by atoms with Gasteiger partial charge in [0.2, 0.25) is 19.1 Å². The second kappa shape index (κ2) is 9.14. The highest BCUT2D eigenvalue weighted by molar-refractivity contribution is 6.15. The number of ether oxygens (including phenoxy) is 4. The first-order valence-corrected chi connectivity index (χ1v) is 11.7. The van der Waals surface area contributed by atoms with E-state index in [1.165, 1.54) is 59.2 Å².